The number of Topliss-reactive ketones (excluding diaryl/α,β-unsaturated/α-hetero) is 1. The van der Waals surface area contributed by atoms with Crippen molar-refractivity contribution in [2.45, 2.75) is 19.4 Å². The minimum atomic E-state index is -0.876. The normalized spacial score (nSPS) is 22.5. The molecule has 2 aliphatic rings. The number of ether oxygens (including phenoxy) is 2. The van der Waals surface area contributed by atoms with Crippen LogP contribution in [0.5, 0.6) is 11.5 Å². The van der Waals surface area contributed by atoms with Gasteiger partial charge in [0.05, 0.1) is 36.1 Å². The van der Waals surface area contributed by atoms with E-state index >= 15 is 0 Å². The van der Waals surface area contributed by atoms with Crippen molar-refractivity contribution in [2.75, 3.05) is 24.9 Å². The second kappa shape index (κ2) is 8.26. The molecule has 0 spiro atoms. The Morgan fingerprint density at radius 3 is 2.58 bits per heavy atom. The van der Waals surface area contributed by atoms with Gasteiger partial charge in [-0.25, -0.2) is 0 Å². The molecule has 0 bridgehead atoms. The molecule has 2 aromatic carbocycles. The Morgan fingerprint density at radius 1 is 1.19 bits per heavy atom. The predicted molar refractivity (Wildman–Crippen MR) is 120 cm³/mol. The number of hydrogen-bond acceptors (Lipinski definition) is 7. The van der Waals surface area contributed by atoms with Gasteiger partial charge < -0.3 is 25.2 Å². The van der Waals surface area contributed by atoms with Crippen LogP contribution in [0.3, 0.4) is 0 Å². The summed E-state index contributed by atoms with van der Waals surface area (Å²) in [6.07, 6.45) is 0.518. The van der Waals surface area contributed by atoms with Gasteiger partial charge in [-0.15, -0.1) is 0 Å². The van der Waals surface area contributed by atoms with Gasteiger partial charge >= 0.3 is 5.97 Å². The van der Waals surface area contributed by atoms with Crippen LogP contribution < -0.4 is 15.4 Å². The molecule has 3 N–H and O–H groups in total. The van der Waals surface area contributed by atoms with Crippen molar-refractivity contribution in [1.29, 1.82) is 0 Å². The van der Waals surface area contributed by atoms with Crippen molar-refractivity contribution in [3.63, 3.8) is 0 Å². The molecule has 0 fully saturated rings. The minimum absolute atomic E-state index is 0.0244. The summed E-state index contributed by atoms with van der Waals surface area (Å²) in [6.45, 7) is 1.88. The molecule has 0 saturated carbocycles. The van der Waals surface area contributed by atoms with Crippen LogP contribution in [0.15, 0.2) is 52.1 Å². The maximum absolute atomic E-state index is 13.6. The number of phenols is 1. The molecule has 7 nitrogen and oxygen atoms in total. The summed E-state index contributed by atoms with van der Waals surface area (Å²) >= 11 is 3.37. The maximum atomic E-state index is 13.6. The Labute approximate surface area is 188 Å². The minimum Gasteiger partial charge on any atom is -0.503 e. The van der Waals surface area contributed by atoms with Crippen LogP contribution in [-0.4, -0.2) is 31.1 Å². The van der Waals surface area contributed by atoms with Gasteiger partial charge in [-0.05, 0) is 58.1 Å². The zero-order valence-electron chi connectivity index (χ0n) is 17.4. The number of phenolic OH excluding ortho intramolecular Hbond substituents is 1. The molecule has 0 saturated heterocycles. The molecule has 1 heterocycles. The van der Waals surface area contributed by atoms with Gasteiger partial charge in [-0.1, -0.05) is 19.1 Å². The third kappa shape index (κ3) is 3.65. The Kier molecular flexibility index (Phi) is 5.66. The molecular weight excluding hydrogens is 464 g/mol. The van der Waals surface area contributed by atoms with Gasteiger partial charge in [0.1, 0.15) is 5.92 Å². The zero-order chi connectivity index (χ0) is 22.3. The number of fused-ring (bicyclic) bond motifs is 1. The fraction of sp³-hybridized carbons (Fsp3) is 0.304. The largest absolute Gasteiger partial charge is 0.503 e. The molecular formula is C23H23BrN2O5. The van der Waals surface area contributed by atoms with Crippen LogP contribution in [0.25, 0.3) is 0 Å². The van der Waals surface area contributed by atoms with E-state index in [1.54, 1.807) is 12.1 Å². The third-order valence-electron chi connectivity index (χ3n) is 5.83. The van der Waals surface area contributed by atoms with Crippen molar-refractivity contribution < 1.29 is 24.2 Å². The van der Waals surface area contributed by atoms with Crippen molar-refractivity contribution in [3.05, 3.63) is 57.7 Å². The van der Waals surface area contributed by atoms with Gasteiger partial charge in [0, 0.05) is 11.3 Å². The second-order valence-corrected chi connectivity index (χ2v) is 8.59. The van der Waals surface area contributed by atoms with Crippen LogP contribution in [-0.2, 0) is 14.3 Å². The first-order valence-corrected chi connectivity index (χ1v) is 10.7. The lowest BCUT2D eigenvalue weighted by Crippen LogP contribution is -2.39. The number of allylic oxidation sites excluding steroid dienone is 1. The molecule has 1 aliphatic heterocycles. The third-order valence-corrected chi connectivity index (χ3v) is 6.43. The fourth-order valence-electron chi connectivity index (χ4n) is 4.30. The SMILES string of the molecule is COC(=O)[C@H]1C(=O)C2=C(C[C@H]1C)Nc1ccccc1N[C@H]2c1cc(Br)c(O)c(OC)c1. The Bertz CT molecular complexity index is 1100. The summed E-state index contributed by atoms with van der Waals surface area (Å²) < 4.78 is 10.7. The quantitative estimate of drug-likeness (QED) is 0.437. The first kappa shape index (κ1) is 21.2. The van der Waals surface area contributed by atoms with E-state index in [4.69, 9.17) is 9.47 Å². The summed E-state index contributed by atoms with van der Waals surface area (Å²) in [5.74, 6) is -1.64. The first-order chi connectivity index (χ1) is 14.8. The monoisotopic (exact) mass is 486 g/mol. The van der Waals surface area contributed by atoms with Crippen molar-refractivity contribution in [2.24, 2.45) is 11.8 Å². The maximum Gasteiger partial charge on any atom is 0.316 e. The van der Waals surface area contributed by atoms with Crippen LogP contribution in [0.2, 0.25) is 0 Å². The average Bonchev–Trinajstić information content (AvgIpc) is 2.91. The summed E-state index contributed by atoms with van der Waals surface area (Å²) in [4.78, 5) is 26.1. The number of halogens is 1. The Hall–Kier alpha value is -3.00. The molecule has 0 radical (unpaired) electrons. The van der Waals surface area contributed by atoms with Crippen molar-refractivity contribution in [3.8, 4) is 11.5 Å². The number of carbonyl (C=O) groups excluding carboxylic acids is 2. The molecule has 8 heteroatoms. The van der Waals surface area contributed by atoms with E-state index < -0.39 is 17.9 Å². The molecule has 162 valence electrons. The van der Waals surface area contributed by atoms with E-state index in [2.05, 4.69) is 26.6 Å². The molecule has 0 unspecified atom stereocenters. The number of methoxy groups -OCH3 is 2. The second-order valence-electron chi connectivity index (χ2n) is 7.74. The Morgan fingerprint density at radius 2 is 1.90 bits per heavy atom. The summed E-state index contributed by atoms with van der Waals surface area (Å²) in [5.41, 5.74) is 3.62. The van der Waals surface area contributed by atoms with E-state index in [0.717, 1.165) is 17.1 Å². The van der Waals surface area contributed by atoms with Gasteiger partial charge in [0.25, 0.3) is 0 Å². The molecule has 3 atom stereocenters. The van der Waals surface area contributed by atoms with E-state index in [1.807, 2.05) is 31.2 Å². The van der Waals surface area contributed by atoms with E-state index in [9.17, 15) is 14.7 Å². The lowest BCUT2D eigenvalue weighted by Gasteiger charge is -2.32. The number of nitrogens with one attached hydrogen (secondary N) is 2. The van der Waals surface area contributed by atoms with Crippen LogP contribution in [0, 0.1) is 11.8 Å². The number of benzene rings is 2. The van der Waals surface area contributed by atoms with E-state index in [1.165, 1.54) is 14.2 Å². The molecule has 0 aromatic heterocycles. The van der Waals surface area contributed by atoms with Crippen molar-refractivity contribution in [1.82, 2.24) is 0 Å². The van der Waals surface area contributed by atoms with Gasteiger partial charge in [-0.3, -0.25) is 9.59 Å². The fourth-order valence-corrected chi connectivity index (χ4v) is 4.76. The van der Waals surface area contributed by atoms with Gasteiger partial charge in [0.15, 0.2) is 17.3 Å². The number of esters is 1. The number of ketones is 1. The van der Waals surface area contributed by atoms with Crippen LogP contribution in [0.1, 0.15) is 24.9 Å². The highest BCUT2D eigenvalue weighted by Crippen LogP contribution is 2.46. The number of aromatic hydroxyl groups is 1. The standard InChI is InChI=1S/C23H23BrN2O5/c1-11-8-16-19(22(28)18(11)23(29)31-3)20(26-15-7-5-4-6-14(15)25-16)12-9-13(24)21(27)17(10-12)30-2/h4-7,9-11,18,20,25-27H,8H2,1-3H3/t11-,18-,20+/m1/s1. The Balaban J connectivity index is 1.91. The lowest BCUT2D eigenvalue weighted by molar-refractivity contribution is -0.151. The number of anilines is 2. The molecule has 1 aliphatic carbocycles. The number of para-hydroxylation sites is 2. The molecule has 0 amide bonds. The predicted octanol–water partition coefficient (Wildman–Crippen LogP) is 4.39. The zero-order valence-corrected chi connectivity index (χ0v) is 18.9. The highest BCUT2D eigenvalue weighted by Gasteiger charge is 2.44. The summed E-state index contributed by atoms with van der Waals surface area (Å²) in [5, 5.41) is 17.1. The van der Waals surface area contributed by atoms with E-state index in [-0.39, 0.29) is 23.2 Å². The highest BCUT2D eigenvalue weighted by molar-refractivity contribution is 9.10. The molecule has 4 rings (SSSR count). The number of hydrogen-bond donors (Lipinski definition) is 3. The smallest absolute Gasteiger partial charge is 0.316 e. The van der Waals surface area contributed by atoms with E-state index in [0.29, 0.717) is 22.0 Å². The molecule has 31 heavy (non-hydrogen) atoms. The first-order valence-electron chi connectivity index (χ1n) is 9.89. The summed E-state index contributed by atoms with van der Waals surface area (Å²) in [7, 11) is 2.76. The van der Waals surface area contributed by atoms with Crippen molar-refractivity contribution >= 4 is 39.1 Å². The molecule has 2 aromatic rings. The lowest BCUT2D eigenvalue weighted by atomic mass is 9.75. The van der Waals surface area contributed by atoms with Crippen LogP contribution >= 0.6 is 15.9 Å². The number of rotatable bonds is 3. The highest BCUT2D eigenvalue weighted by atomic mass is 79.9. The number of carbonyl (C=O) groups is 2. The van der Waals surface area contributed by atoms with Crippen LogP contribution in [0.4, 0.5) is 11.4 Å². The topological polar surface area (TPSA) is 96.9 Å². The van der Waals surface area contributed by atoms with Gasteiger partial charge in [-0.2, -0.15) is 0 Å². The average molecular weight is 487 g/mol. The van der Waals surface area contributed by atoms with Gasteiger partial charge in [0.2, 0.25) is 0 Å². The summed E-state index contributed by atoms with van der Waals surface area (Å²) in [6, 6.07) is 10.5.